The molecule has 2 aromatic rings. The maximum Gasteiger partial charge on any atom is 0.245 e. The SMILES string of the molecule is CC(C)N(Cc1cccs1)C(=O)C(C#N)c1ccccc1. The van der Waals surface area contributed by atoms with Gasteiger partial charge in [0.15, 0.2) is 0 Å². The number of hydrogen-bond donors (Lipinski definition) is 0. The second kappa shape index (κ2) is 7.05. The summed E-state index contributed by atoms with van der Waals surface area (Å²) in [6.45, 7) is 4.51. The molecule has 1 unspecified atom stereocenters. The molecule has 0 saturated carbocycles. The van der Waals surface area contributed by atoms with E-state index in [1.807, 2.05) is 61.7 Å². The van der Waals surface area contributed by atoms with Crippen molar-refractivity contribution < 1.29 is 4.79 Å². The highest BCUT2D eigenvalue weighted by Gasteiger charge is 2.27. The van der Waals surface area contributed by atoms with Crippen LogP contribution in [0.2, 0.25) is 0 Å². The quantitative estimate of drug-likeness (QED) is 0.843. The Morgan fingerprint density at radius 2 is 1.95 bits per heavy atom. The van der Waals surface area contributed by atoms with Gasteiger partial charge >= 0.3 is 0 Å². The van der Waals surface area contributed by atoms with Gasteiger partial charge in [-0.1, -0.05) is 36.4 Å². The van der Waals surface area contributed by atoms with Crippen LogP contribution in [0.4, 0.5) is 0 Å². The van der Waals surface area contributed by atoms with Gasteiger partial charge in [-0.15, -0.1) is 11.3 Å². The standard InChI is InChI=1S/C17H18N2OS/c1-13(2)19(12-15-9-6-10-21-15)17(20)16(11-18)14-7-4-3-5-8-14/h3-10,13,16H,12H2,1-2H3. The minimum absolute atomic E-state index is 0.0548. The molecule has 1 amide bonds. The first kappa shape index (κ1) is 15.3. The molecule has 0 N–H and O–H groups in total. The third-order valence-electron chi connectivity index (χ3n) is 3.32. The smallest absolute Gasteiger partial charge is 0.245 e. The number of nitriles is 1. The average Bonchev–Trinajstić information content (AvgIpc) is 2.99. The van der Waals surface area contributed by atoms with Gasteiger partial charge in [0.1, 0.15) is 5.92 Å². The van der Waals surface area contributed by atoms with E-state index < -0.39 is 5.92 Å². The summed E-state index contributed by atoms with van der Waals surface area (Å²) in [6, 6.07) is 15.4. The van der Waals surface area contributed by atoms with Gasteiger partial charge in [-0.25, -0.2) is 0 Å². The molecule has 0 aliphatic carbocycles. The minimum atomic E-state index is -0.742. The average molecular weight is 298 g/mol. The van der Waals surface area contributed by atoms with E-state index in [4.69, 9.17) is 0 Å². The largest absolute Gasteiger partial charge is 0.334 e. The van der Waals surface area contributed by atoms with E-state index in [1.54, 1.807) is 16.2 Å². The van der Waals surface area contributed by atoms with E-state index in [2.05, 4.69) is 6.07 Å². The maximum atomic E-state index is 12.8. The number of carbonyl (C=O) groups excluding carboxylic acids is 1. The first-order valence-electron chi connectivity index (χ1n) is 6.91. The Morgan fingerprint density at radius 1 is 1.24 bits per heavy atom. The molecule has 0 bridgehead atoms. The van der Waals surface area contributed by atoms with Crippen molar-refractivity contribution >= 4 is 17.2 Å². The number of benzene rings is 1. The van der Waals surface area contributed by atoms with Gasteiger partial charge in [0.2, 0.25) is 5.91 Å². The molecule has 108 valence electrons. The summed E-state index contributed by atoms with van der Waals surface area (Å²) in [5.41, 5.74) is 0.752. The third kappa shape index (κ3) is 3.71. The Bertz CT molecular complexity index is 614. The molecule has 0 spiro atoms. The molecule has 4 heteroatoms. The van der Waals surface area contributed by atoms with Crippen LogP contribution in [-0.2, 0) is 11.3 Å². The predicted octanol–water partition coefficient (Wildman–Crippen LogP) is 3.79. The first-order valence-corrected chi connectivity index (χ1v) is 7.79. The molecule has 1 aromatic carbocycles. The van der Waals surface area contributed by atoms with E-state index in [0.29, 0.717) is 6.54 Å². The summed E-state index contributed by atoms with van der Waals surface area (Å²) < 4.78 is 0. The van der Waals surface area contributed by atoms with Crippen molar-refractivity contribution in [2.75, 3.05) is 0 Å². The van der Waals surface area contributed by atoms with Gasteiger partial charge in [-0.3, -0.25) is 4.79 Å². The highest BCUT2D eigenvalue weighted by Crippen LogP contribution is 2.22. The lowest BCUT2D eigenvalue weighted by atomic mass is 9.98. The fourth-order valence-corrected chi connectivity index (χ4v) is 2.87. The number of thiophene rings is 1. The van der Waals surface area contributed by atoms with E-state index in [0.717, 1.165) is 10.4 Å². The zero-order valence-corrected chi connectivity index (χ0v) is 13.0. The van der Waals surface area contributed by atoms with Crippen molar-refractivity contribution in [2.24, 2.45) is 0 Å². The minimum Gasteiger partial charge on any atom is -0.334 e. The van der Waals surface area contributed by atoms with Crippen LogP contribution in [0.3, 0.4) is 0 Å². The lowest BCUT2D eigenvalue weighted by Crippen LogP contribution is -2.39. The Kier molecular flexibility index (Phi) is 5.13. The Labute approximate surface area is 129 Å². The molecule has 3 nitrogen and oxygen atoms in total. The summed E-state index contributed by atoms with van der Waals surface area (Å²) in [4.78, 5) is 15.6. The lowest BCUT2D eigenvalue weighted by Gasteiger charge is -2.28. The molecule has 2 rings (SSSR count). The first-order chi connectivity index (χ1) is 10.1. The van der Waals surface area contributed by atoms with Crippen LogP contribution < -0.4 is 0 Å². The number of carbonyl (C=O) groups is 1. The molecule has 0 radical (unpaired) electrons. The maximum absolute atomic E-state index is 12.8. The molecule has 0 saturated heterocycles. The topological polar surface area (TPSA) is 44.1 Å². The summed E-state index contributed by atoms with van der Waals surface area (Å²) in [5, 5.41) is 11.4. The molecule has 0 fully saturated rings. The van der Waals surface area contributed by atoms with Crippen LogP contribution in [0, 0.1) is 11.3 Å². The second-order valence-electron chi connectivity index (χ2n) is 5.11. The van der Waals surface area contributed by atoms with Crippen molar-refractivity contribution in [2.45, 2.75) is 32.4 Å². The Morgan fingerprint density at radius 3 is 2.48 bits per heavy atom. The van der Waals surface area contributed by atoms with Crippen LogP contribution in [-0.4, -0.2) is 16.8 Å². The molecular formula is C17H18N2OS. The highest BCUT2D eigenvalue weighted by atomic mass is 32.1. The van der Waals surface area contributed by atoms with Crippen LogP contribution in [0.1, 0.15) is 30.2 Å². The van der Waals surface area contributed by atoms with Gasteiger partial charge < -0.3 is 4.90 Å². The van der Waals surface area contributed by atoms with Crippen molar-refractivity contribution in [3.8, 4) is 6.07 Å². The molecule has 1 heterocycles. The van der Waals surface area contributed by atoms with E-state index in [-0.39, 0.29) is 11.9 Å². The molecule has 1 aromatic heterocycles. The summed E-state index contributed by atoms with van der Waals surface area (Å²) in [6.07, 6.45) is 0. The normalized spacial score (nSPS) is 11.9. The zero-order chi connectivity index (χ0) is 15.2. The van der Waals surface area contributed by atoms with Gasteiger partial charge in [-0.2, -0.15) is 5.26 Å². The fourth-order valence-electron chi connectivity index (χ4n) is 2.17. The zero-order valence-electron chi connectivity index (χ0n) is 12.2. The van der Waals surface area contributed by atoms with Crippen LogP contribution in [0.25, 0.3) is 0 Å². The van der Waals surface area contributed by atoms with Gasteiger partial charge in [0.25, 0.3) is 0 Å². The molecule has 1 atom stereocenters. The Balaban J connectivity index is 2.23. The number of amides is 1. The number of rotatable bonds is 5. The van der Waals surface area contributed by atoms with Crippen molar-refractivity contribution in [1.82, 2.24) is 4.90 Å². The van der Waals surface area contributed by atoms with Crippen molar-refractivity contribution in [1.29, 1.82) is 5.26 Å². The van der Waals surface area contributed by atoms with Crippen molar-refractivity contribution in [3.05, 3.63) is 58.3 Å². The molecule has 21 heavy (non-hydrogen) atoms. The van der Waals surface area contributed by atoms with Gasteiger partial charge in [0.05, 0.1) is 12.6 Å². The number of nitrogens with zero attached hydrogens (tertiary/aromatic N) is 2. The predicted molar refractivity (Wildman–Crippen MR) is 84.8 cm³/mol. The number of hydrogen-bond acceptors (Lipinski definition) is 3. The van der Waals surface area contributed by atoms with Gasteiger partial charge in [-0.05, 0) is 30.9 Å². The van der Waals surface area contributed by atoms with Crippen LogP contribution in [0.5, 0.6) is 0 Å². The Hall–Kier alpha value is -2.12. The van der Waals surface area contributed by atoms with E-state index in [1.165, 1.54) is 0 Å². The highest BCUT2D eigenvalue weighted by molar-refractivity contribution is 7.09. The third-order valence-corrected chi connectivity index (χ3v) is 4.18. The fraction of sp³-hybridized carbons (Fsp3) is 0.294. The molecule has 0 aliphatic heterocycles. The second-order valence-corrected chi connectivity index (χ2v) is 6.14. The van der Waals surface area contributed by atoms with Crippen LogP contribution >= 0.6 is 11.3 Å². The van der Waals surface area contributed by atoms with Gasteiger partial charge in [0, 0.05) is 10.9 Å². The summed E-state index contributed by atoms with van der Waals surface area (Å²) in [7, 11) is 0. The van der Waals surface area contributed by atoms with Crippen LogP contribution in [0.15, 0.2) is 47.8 Å². The summed E-state index contributed by atoms with van der Waals surface area (Å²) >= 11 is 1.62. The van der Waals surface area contributed by atoms with E-state index >= 15 is 0 Å². The lowest BCUT2D eigenvalue weighted by molar-refractivity contribution is -0.133. The van der Waals surface area contributed by atoms with E-state index in [9.17, 15) is 10.1 Å². The molecular weight excluding hydrogens is 280 g/mol. The molecule has 0 aliphatic rings. The monoisotopic (exact) mass is 298 g/mol. The summed E-state index contributed by atoms with van der Waals surface area (Å²) in [5.74, 6) is -0.874. The van der Waals surface area contributed by atoms with Crippen molar-refractivity contribution in [3.63, 3.8) is 0 Å².